The van der Waals surface area contributed by atoms with Crippen LogP contribution in [0.3, 0.4) is 0 Å². The maximum Gasteiger partial charge on any atom is 0.267 e. The number of fused-ring (bicyclic) bond motifs is 2. The lowest BCUT2D eigenvalue weighted by Gasteiger charge is -2.58. The van der Waals surface area contributed by atoms with Crippen molar-refractivity contribution in [2.75, 3.05) is 51.3 Å². The number of thiazole rings is 1. The van der Waals surface area contributed by atoms with Crippen molar-refractivity contribution in [3.8, 4) is 0 Å². The number of ether oxygens (including phenoxy) is 1. The minimum absolute atomic E-state index is 0.0231. The number of nitrogens with one attached hydrogen (secondary N) is 2. The zero-order valence-corrected chi connectivity index (χ0v) is 23.7. The average molecular weight is 563 g/mol. The van der Waals surface area contributed by atoms with Crippen LogP contribution in [0.2, 0.25) is 0 Å². The number of rotatable bonds is 8. The molecular weight excluding hydrogens is 524 g/mol. The van der Waals surface area contributed by atoms with Crippen LogP contribution in [-0.4, -0.2) is 84.0 Å². The van der Waals surface area contributed by atoms with Crippen LogP contribution in [0.25, 0.3) is 0 Å². The summed E-state index contributed by atoms with van der Waals surface area (Å²) in [5.41, 5.74) is -0.135. The topological polar surface area (TPSA) is 124 Å². The summed E-state index contributed by atoms with van der Waals surface area (Å²) in [6, 6.07) is 3.62. The second-order valence-corrected chi connectivity index (χ2v) is 13.3. The van der Waals surface area contributed by atoms with Crippen molar-refractivity contribution >= 4 is 39.6 Å². The van der Waals surface area contributed by atoms with Gasteiger partial charge in [-0.15, -0.1) is 22.7 Å². The van der Waals surface area contributed by atoms with Gasteiger partial charge in [-0.1, -0.05) is 19.9 Å². The number of aromatic nitrogens is 1. The normalized spacial score (nSPS) is 31.3. The fraction of sp³-hybridized carbons (Fsp3) is 0.667. The SMILES string of the molecule is C[C@]1(CO)[C@H]2Cc3sc(NC(=O)c4cccs4)nc3[C@@H](CC(=O)NCCN3CCOCC3)[C@]2(C)CC[C@H]1O. The molecule has 0 bridgehead atoms. The van der Waals surface area contributed by atoms with Crippen molar-refractivity contribution < 1.29 is 24.5 Å². The molecule has 208 valence electrons. The van der Waals surface area contributed by atoms with Crippen LogP contribution >= 0.6 is 22.7 Å². The molecule has 0 spiro atoms. The van der Waals surface area contributed by atoms with Crippen LogP contribution in [0.15, 0.2) is 17.5 Å². The van der Waals surface area contributed by atoms with Gasteiger partial charge >= 0.3 is 0 Å². The summed E-state index contributed by atoms with van der Waals surface area (Å²) in [5, 5.41) is 29.8. The number of carbonyl (C=O) groups excluding carboxylic acids is 2. The van der Waals surface area contributed by atoms with Crippen LogP contribution in [0.4, 0.5) is 5.13 Å². The van der Waals surface area contributed by atoms with Gasteiger partial charge in [0.2, 0.25) is 5.91 Å². The van der Waals surface area contributed by atoms with Gasteiger partial charge in [-0.3, -0.25) is 19.8 Å². The predicted molar refractivity (Wildman–Crippen MR) is 148 cm³/mol. The number of aliphatic hydroxyl groups excluding tert-OH is 2. The Hall–Kier alpha value is -1.89. The Morgan fingerprint density at radius 2 is 2.08 bits per heavy atom. The standard InChI is InChI=1S/C27H38N4O5S2/c1-26-6-5-21(33)27(2,16-32)20(26)15-19-23(29-25(38-19)30-24(35)18-4-3-13-37-18)17(26)14-22(34)28-7-8-31-9-11-36-12-10-31/h3-4,13,17,20-21,32-33H,5-12,14-16H2,1-2H3,(H,28,34)(H,29,30,35)/t17-,20+,21-,26+,27+/m1/s1. The van der Waals surface area contributed by atoms with Gasteiger partial charge in [0, 0.05) is 48.8 Å². The van der Waals surface area contributed by atoms with E-state index >= 15 is 0 Å². The molecule has 2 aromatic heterocycles. The number of nitrogens with zero attached hydrogens (tertiary/aromatic N) is 2. The largest absolute Gasteiger partial charge is 0.396 e. The molecule has 0 radical (unpaired) electrons. The number of amides is 2. The molecule has 3 heterocycles. The number of carbonyl (C=O) groups is 2. The Kier molecular flexibility index (Phi) is 8.23. The highest BCUT2D eigenvalue weighted by Gasteiger charge is 2.59. The number of hydrogen-bond donors (Lipinski definition) is 4. The van der Waals surface area contributed by atoms with E-state index in [0.717, 1.165) is 49.8 Å². The Morgan fingerprint density at radius 1 is 1.29 bits per heavy atom. The number of thiophene rings is 1. The van der Waals surface area contributed by atoms with E-state index in [0.29, 0.717) is 29.4 Å². The average Bonchev–Trinajstić information content (AvgIpc) is 3.59. The highest BCUT2D eigenvalue weighted by atomic mass is 32.1. The van der Waals surface area contributed by atoms with Crippen molar-refractivity contribution in [1.29, 1.82) is 0 Å². The van der Waals surface area contributed by atoms with E-state index in [-0.39, 0.29) is 42.1 Å². The Balaban J connectivity index is 1.38. The highest BCUT2D eigenvalue weighted by molar-refractivity contribution is 7.16. The molecular formula is C27H38N4O5S2. The third-order valence-electron chi connectivity index (χ3n) is 9.10. The molecule has 3 aliphatic rings. The molecule has 9 nitrogen and oxygen atoms in total. The van der Waals surface area contributed by atoms with E-state index in [2.05, 4.69) is 22.5 Å². The van der Waals surface area contributed by atoms with Gasteiger partial charge in [0.1, 0.15) is 0 Å². The van der Waals surface area contributed by atoms with Gasteiger partial charge in [0.15, 0.2) is 5.13 Å². The predicted octanol–water partition coefficient (Wildman–Crippen LogP) is 2.71. The van der Waals surface area contributed by atoms with E-state index < -0.39 is 11.5 Å². The minimum atomic E-state index is -0.680. The van der Waals surface area contributed by atoms with Gasteiger partial charge in [-0.2, -0.15) is 0 Å². The summed E-state index contributed by atoms with van der Waals surface area (Å²) in [6.07, 6.45) is 1.64. The first-order valence-electron chi connectivity index (χ1n) is 13.4. The molecule has 5 rings (SSSR count). The summed E-state index contributed by atoms with van der Waals surface area (Å²) in [4.78, 5) is 34.8. The number of anilines is 1. The van der Waals surface area contributed by atoms with Crippen molar-refractivity contribution in [3.05, 3.63) is 33.0 Å². The molecule has 1 aliphatic heterocycles. The molecule has 2 aliphatic carbocycles. The molecule has 0 unspecified atom stereocenters. The van der Waals surface area contributed by atoms with Gasteiger partial charge in [-0.25, -0.2) is 4.98 Å². The lowest BCUT2D eigenvalue weighted by molar-refractivity contribution is -0.144. The van der Waals surface area contributed by atoms with Gasteiger partial charge in [-0.05, 0) is 42.0 Å². The molecule has 2 aromatic rings. The van der Waals surface area contributed by atoms with Gasteiger partial charge in [0.05, 0.1) is 36.5 Å². The van der Waals surface area contributed by atoms with E-state index in [1.165, 1.54) is 22.7 Å². The van der Waals surface area contributed by atoms with Crippen LogP contribution < -0.4 is 10.6 Å². The van der Waals surface area contributed by atoms with Crippen molar-refractivity contribution in [1.82, 2.24) is 15.2 Å². The molecule has 0 aromatic carbocycles. The van der Waals surface area contributed by atoms with E-state index in [4.69, 9.17) is 9.72 Å². The second-order valence-electron chi connectivity index (χ2n) is 11.3. The van der Waals surface area contributed by atoms with Crippen LogP contribution in [0.5, 0.6) is 0 Å². The molecule has 4 N–H and O–H groups in total. The summed E-state index contributed by atoms with van der Waals surface area (Å²) < 4.78 is 5.41. The fourth-order valence-corrected chi connectivity index (χ4v) is 8.38. The molecule has 2 amide bonds. The van der Waals surface area contributed by atoms with Gasteiger partial charge < -0.3 is 20.3 Å². The lowest BCUT2D eigenvalue weighted by Crippen LogP contribution is -2.57. The zero-order chi connectivity index (χ0) is 26.9. The second kappa shape index (κ2) is 11.3. The monoisotopic (exact) mass is 562 g/mol. The molecule has 1 saturated heterocycles. The summed E-state index contributed by atoms with van der Waals surface area (Å²) in [6.45, 7) is 8.60. The Bertz CT molecular complexity index is 1130. The maximum atomic E-state index is 13.3. The smallest absolute Gasteiger partial charge is 0.267 e. The maximum absolute atomic E-state index is 13.3. The number of aliphatic hydroxyl groups is 2. The summed E-state index contributed by atoms with van der Waals surface area (Å²) in [5.74, 6) is -0.418. The first-order valence-corrected chi connectivity index (χ1v) is 15.1. The molecule has 1 saturated carbocycles. The zero-order valence-electron chi connectivity index (χ0n) is 22.1. The van der Waals surface area contributed by atoms with Gasteiger partial charge in [0.25, 0.3) is 5.91 Å². The van der Waals surface area contributed by atoms with E-state index in [1.807, 2.05) is 18.4 Å². The van der Waals surface area contributed by atoms with Crippen molar-refractivity contribution in [2.45, 2.75) is 51.6 Å². The fourth-order valence-electron chi connectivity index (χ4n) is 6.70. The van der Waals surface area contributed by atoms with E-state index in [9.17, 15) is 19.8 Å². The minimum Gasteiger partial charge on any atom is -0.396 e. The molecule has 11 heteroatoms. The number of hydrogen-bond acceptors (Lipinski definition) is 9. The molecule has 5 atom stereocenters. The Morgan fingerprint density at radius 3 is 2.79 bits per heavy atom. The van der Waals surface area contributed by atoms with Crippen LogP contribution in [0.1, 0.15) is 59.3 Å². The molecule has 38 heavy (non-hydrogen) atoms. The first kappa shape index (κ1) is 27.7. The first-order chi connectivity index (χ1) is 18.2. The highest BCUT2D eigenvalue weighted by Crippen LogP contribution is 2.62. The van der Waals surface area contributed by atoms with Crippen molar-refractivity contribution in [3.63, 3.8) is 0 Å². The number of morpholine rings is 1. The van der Waals surface area contributed by atoms with E-state index in [1.54, 1.807) is 6.07 Å². The Labute approximate surface area is 231 Å². The third kappa shape index (κ3) is 5.29. The third-order valence-corrected chi connectivity index (χ3v) is 11.0. The molecule has 2 fully saturated rings. The quantitative estimate of drug-likeness (QED) is 0.390. The van der Waals surface area contributed by atoms with Crippen molar-refractivity contribution in [2.24, 2.45) is 16.7 Å². The lowest BCUT2D eigenvalue weighted by atomic mass is 9.47. The summed E-state index contributed by atoms with van der Waals surface area (Å²) >= 11 is 2.82. The summed E-state index contributed by atoms with van der Waals surface area (Å²) in [7, 11) is 0. The van der Waals surface area contributed by atoms with Crippen LogP contribution in [-0.2, 0) is 16.0 Å². The van der Waals surface area contributed by atoms with Crippen LogP contribution in [0, 0.1) is 16.7 Å².